The number of phenolic OH excluding ortho intramolecular Hbond substituents is 1. The molecule has 2 heterocycles. The van der Waals surface area contributed by atoms with E-state index in [2.05, 4.69) is 4.74 Å². The summed E-state index contributed by atoms with van der Waals surface area (Å²) in [4.78, 5) is 35.7. The quantitative estimate of drug-likeness (QED) is 0.639. The molecule has 0 unspecified atom stereocenters. The molecule has 0 atom stereocenters. The third kappa shape index (κ3) is 2.53. The Kier molecular flexibility index (Phi) is 3.40. The van der Waals surface area contributed by atoms with Crippen LogP contribution in [0.25, 0.3) is 11.0 Å². The Morgan fingerprint density at radius 1 is 1.08 bits per heavy atom. The number of hydrogen-bond acceptors (Lipinski definition) is 7. The molecule has 0 radical (unpaired) electrons. The lowest BCUT2D eigenvalue weighted by Crippen LogP contribution is -2.08. The standard InChI is InChI=1S/C18H10O8/c19-9-1-2-10-8(3-9)7-24-14-6-15-11(4-12(14)17(10)21)13(20)5-16(25-15)26-18(22)23/h1-6,19H,7H2,(H,22,23). The number of ether oxygens (including phenoxy) is 2. The van der Waals surface area contributed by atoms with Gasteiger partial charge in [-0.05, 0) is 24.3 Å². The fourth-order valence-corrected chi connectivity index (χ4v) is 2.82. The average Bonchev–Trinajstić information content (AvgIpc) is 2.70. The Balaban J connectivity index is 1.90. The molecule has 26 heavy (non-hydrogen) atoms. The van der Waals surface area contributed by atoms with Gasteiger partial charge in [-0.3, -0.25) is 9.59 Å². The van der Waals surface area contributed by atoms with E-state index in [1.165, 1.54) is 30.3 Å². The largest absolute Gasteiger partial charge is 0.513 e. The highest BCUT2D eigenvalue weighted by Gasteiger charge is 2.24. The fourth-order valence-electron chi connectivity index (χ4n) is 2.82. The summed E-state index contributed by atoms with van der Waals surface area (Å²) >= 11 is 0. The molecule has 0 fully saturated rings. The first-order valence-electron chi connectivity index (χ1n) is 7.44. The topological polar surface area (TPSA) is 123 Å². The Morgan fingerprint density at radius 3 is 2.65 bits per heavy atom. The number of carbonyl (C=O) groups excluding carboxylic acids is 1. The van der Waals surface area contributed by atoms with Gasteiger partial charge in [-0.2, -0.15) is 0 Å². The molecule has 8 heteroatoms. The second kappa shape index (κ2) is 5.62. The van der Waals surface area contributed by atoms with E-state index < -0.39 is 17.5 Å². The van der Waals surface area contributed by atoms with Crippen molar-refractivity contribution in [3.63, 3.8) is 0 Å². The van der Waals surface area contributed by atoms with Gasteiger partial charge in [0, 0.05) is 17.2 Å². The van der Waals surface area contributed by atoms with Gasteiger partial charge in [-0.1, -0.05) is 0 Å². The van der Waals surface area contributed by atoms with Gasteiger partial charge in [0.2, 0.25) is 0 Å². The number of phenols is 1. The molecule has 8 nitrogen and oxygen atoms in total. The summed E-state index contributed by atoms with van der Waals surface area (Å²) in [6.07, 6.45) is -1.62. The highest BCUT2D eigenvalue weighted by atomic mass is 16.7. The van der Waals surface area contributed by atoms with Crippen molar-refractivity contribution in [2.75, 3.05) is 0 Å². The highest BCUT2D eigenvalue weighted by Crippen LogP contribution is 2.33. The smallest absolute Gasteiger partial charge is 0.508 e. The van der Waals surface area contributed by atoms with Crippen molar-refractivity contribution in [2.24, 2.45) is 0 Å². The van der Waals surface area contributed by atoms with Crippen LogP contribution in [0.3, 0.4) is 0 Å². The van der Waals surface area contributed by atoms with Crippen molar-refractivity contribution in [2.45, 2.75) is 6.61 Å². The van der Waals surface area contributed by atoms with Gasteiger partial charge >= 0.3 is 6.16 Å². The monoisotopic (exact) mass is 354 g/mol. The summed E-state index contributed by atoms with van der Waals surface area (Å²) in [7, 11) is 0. The van der Waals surface area contributed by atoms with E-state index in [1.54, 1.807) is 0 Å². The second-order valence-corrected chi connectivity index (χ2v) is 5.60. The van der Waals surface area contributed by atoms with Crippen LogP contribution >= 0.6 is 0 Å². The lowest BCUT2D eigenvalue weighted by molar-refractivity contribution is 0.103. The van der Waals surface area contributed by atoms with Gasteiger partial charge in [-0.15, -0.1) is 0 Å². The van der Waals surface area contributed by atoms with Crippen LogP contribution in [0.2, 0.25) is 0 Å². The molecule has 2 aromatic carbocycles. The molecule has 1 aliphatic rings. The molecule has 4 rings (SSSR count). The van der Waals surface area contributed by atoms with Crippen LogP contribution in [-0.4, -0.2) is 22.2 Å². The molecule has 1 aromatic heterocycles. The summed E-state index contributed by atoms with van der Waals surface area (Å²) in [6, 6.07) is 7.88. The summed E-state index contributed by atoms with van der Waals surface area (Å²) in [5.41, 5.74) is 0.490. The highest BCUT2D eigenvalue weighted by molar-refractivity contribution is 6.13. The lowest BCUT2D eigenvalue weighted by atomic mass is 9.98. The third-order valence-electron chi connectivity index (χ3n) is 3.96. The maximum Gasteiger partial charge on any atom is 0.513 e. The first-order valence-corrected chi connectivity index (χ1v) is 7.44. The molecular weight excluding hydrogens is 344 g/mol. The first-order chi connectivity index (χ1) is 12.4. The second-order valence-electron chi connectivity index (χ2n) is 5.60. The molecule has 0 spiro atoms. The van der Waals surface area contributed by atoms with E-state index in [-0.39, 0.29) is 40.4 Å². The van der Waals surface area contributed by atoms with Crippen molar-refractivity contribution in [1.82, 2.24) is 0 Å². The molecule has 0 aliphatic carbocycles. The zero-order chi connectivity index (χ0) is 18.4. The van der Waals surface area contributed by atoms with Gasteiger partial charge in [0.1, 0.15) is 23.7 Å². The molecule has 0 saturated carbocycles. The summed E-state index contributed by atoms with van der Waals surface area (Å²) in [6.45, 7) is 0.0313. The fraction of sp³-hybridized carbons (Fsp3) is 0.0556. The van der Waals surface area contributed by atoms with Crippen molar-refractivity contribution in [3.8, 4) is 17.4 Å². The minimum absolute atomic E-state index is 0.00331. The van der Waals surface area contributed by atoms with Gasteiger partial charge in [-0.25, -0.2) is 4.79 Å². The number of aromatic hydroxyl groups is 1. The molecular formula is C18H10O8. The lowest BCUT2D eigenvalue weighted by Gasteiger charge is -2.08. The number of hydrogen-bond donors (Lipinski definition) is 2. The predicted molar refractivity (Wildman–Crippen MR) is 87.0 cm³/mol. The zero-order valence-corrected chi connectivity index (χ0v) is 13.0. The molecule has 130 valence electrons. The third-order valence-corrected chi connectivity index (χ3v) is 3.96. The van der Waals surface area contributed by atoms with E-state index in [1.807, 2.05) is 0 Å². The summed E-state index contributed by atoms with van der Waals surface area (Å²) < 4.78 is 15.2. The van der Waals surface area contributed by atoms with Crippen molar-refractivity contribution in [1.29, 1.82) is 0 Å². The van der Waals surface area contributed by atoms with E-state index in [9.17, 15) is 19.5 Å². The Hall–Kier alpha value is -3.81. The Labute approximate surface area is 144 Å². The minimum Gasteiger partial charge on any atom is -0.508 e. The van der Waals surface area contributed by atoms with Crippen LogP contribution < -0.4 is 14.9 Å². The van der Waals surface area contributed by atoms with E-state index >= 15 is 0 Å². The predicted octanol–water partition coefficient (Wildman–Crippen LogP) is 2.68. The summed E-state index contributed by atoms with van der Waals surface area (Å²) in [5.74, 6) is -0.667. The first kappa shape index (κ1) is 15.7. The van der Waals surface area contributed by atoms with Gasteiger partial charge < -0.3 is 24.1 Å². The van der Waals surface area contributed by atoms with Crippen LogP contribution in [0.5, 0.6) is 17.4 Å². The SMILES string of the molecule is O=C(O)Oc1cc(=O)c2cc3c(cc2o1)OCc1cc(O)ccc1C3=O. The van der Waals surface area contributed by atoms with Crippen molar-refractivity contribution >= 4 is 22.9 Å². The number of benzene rings is 2. The molecule has 2 N–H and O–H groups in total. The molecule has 0 amide bonds. The minimum atomic E-state index is -1.62. The number of rotatable bonds is 1. The Bertz CT molecular complexity index is 1140. The molecule has 3 aromatic rings. The van der Waals surface area contributed by atoms with Crippen LogP contribution in [-0.2, 0) is 6.61 Å². The van der Waals surface area contributed by atoms with Gasteiger partial charge in [0.15, 0.2) is 11.2 Å². The van der Waals surface area contributed by atoms with Crippen molar-refractivity contribution < 1.29 is 33.7 Å². The zero-order valence-electron chi connectivity index (χ0n) is 13.0. The normalized spacial score (nSPS) is 12.7. The van der Waals surface area contributed by atoms with E-state index in [0.717, 1.165) is 6.07 Å². The Morgan fingerprint density at radius 2 is 1.88 bits per heavy atom. The van der Waals surface area contributed by atoms with Crippen LogP contribution in [0.4, 0.5) is 4.79 Å². The van der Waals surface area contributed by atoms with Crippen LogP contribution in [0.1, 0.15) is 21.5 Å². The number of carboxylic acid groups (broad SMARTS) is 1. The summed E-state index contributed by atoms with van der Waals surface area (Å²) in [5, 5.41) is 18.3. The van der Waals surface area contributed by atoms with Crippen molar-refractivity contribution in [3.05, 3.63) is 63.3 Å². The maximum absolute atomic E-state index is 12.8. The average molecular weight is 354 g/mol. The number of carbonyl (C=O) groups is 2. The van der Waals surface area contributed by atoms with Gasteiger partial charge in [0.25, 0.3) is 5.95 Å². The molecule has 0 saturated heterocycles. The van der Waals surface area contributed by atoms with E-state index in [0.29, 0.717) is 11.1 Å². The maximum atomic E-state index is 12.8. The van der Waals surface area contributed by atoms with Crippen LogP contribution in [0, 0.1) is 0 Å². The number of ketones is 1. The molecule has 0 bridgehead atoms. The van der Waals surface area contributed by atoms with Crippen LogP contribution in [0.15, 0.2) is 45.6 Å². The van der Waals surface area contributed by atoms with E-state index in [4.69, 9.17) is 14.3 Å². The number of fused-ring (bicyclic) bond motifs is 3. The van der Waals surface area contributed by atoms with Gasteiger partial charge in [0.05, 0.1) is 17.0 Å². The molecule has 1 aliphatic heterocycles.